The highest BCUT2D eigenvalue weighted by Gasteiger charge is 2.21. The minimum atomic E-state index is -1.18. The van der Waals surface area contributed by atoms with E-state index in [0.717, 1.165) is 6.07 Å². The van der Waals surface area contributed by atoms with Gasteiger partial charge in [-0.15, -0.1) is 0 Å². The molecule has 0 aliphatic carbocycles. The number of amides is 1. The van der Waals surface area contributed by atoms with E-state index < -0.39 is 17.5 Å². The number of rotatable bonds is 3. The molecule has 0 aromatic heterocycles. The molecule has 0 saturated carbocycles. The molecule has 0 heterocycles. The van der Waals surface area contributed by atoms with Crippen LogP contribution in [0.25, 0.3) is 0 Å². The van der Waals surface area contributed by atoms with Crippen molar-refractivity contribution in [2.45, 2.75) is 0 Å². The van der Waals surface area contributed by atoms with E-state index in [0.29, 0.717) is 11.3 Å². The predicted molar refractivity (Wildman–Crippen MR) is 81.4 cm³/mol. The summed E-state index contributed by atoms with van der Waals surface area (Å²) in [6.07, 6.45) is 0. The van der Waals surface area contributed by atoms with Gasteiger partial charge in [0.15, 0.2) is 11.6 Å². The summed E-state index contributed by atoms with van der Waals surface area (Å²) in [5.41, 5.74) is 6.17. The average Bonchev–Trinajstić information content (AvgIpc) is 2.48. The van der Waals surface area contributed by atoms with Crippen LogP contribution in [0.5, 0.6) is 0 Å². The van der Waals surface area contributed by atoms with Crippen molar-refractivity contribution in [3.8, 4) is 0 Å². The Morgan fingerprint density at radius 1 is 1.10 bits per heavy atom. The second-order valence-corrected chi connectivity index (χ2v) is 4.79. The summed E-state index contributed by atoms with van der Waals surface area (Å²) >= 11 is 4.92. The van der Waals surface area contributed by atoms with Crippen LogP contribution in [0.4, 0.5) is 14.5 Å². The van der Waals surface area contributed by atoms with Crippen molar-refractivity contribution in [3.63, 3.8) is 0 Å². The molecule has 0 bridgehead atoms. The van der Waals surface area contributed by atoms with Gasteiger partial charge in [0.1, 0.15) is 4.99 Å². The highest BCUT2D eigenvalue weighted by Crippen LogP contribution is 2.22. The lowest BCUT2D eigenvalue weighted by Crippen LogP contribution is -2.29. The zero-order chi connectivity index (χ0) is 15.6. The van der Waals surface area contributed by atoms with E-state index in [2.05, 4.69) is 0 Å². The monoisotopic (exact) mass is 306 g/mol. The van der Waals surface area contributed by atoms with E-state index in [1.54, 1.807) is 24.3 Å². The van der Waals surface area contributed by atoms with E-state index in [1.165, 1.54) is 24.1 Å². The number of anilines is 1. The van der Waals surface area contributed by atoms with Gasteiger partial charge in [-0.3, -0.25) is 4.79 Å². The number of hydrogen-bond acceptors (Lipinski definition) is 2. The minimum absolute atomic E-state index is 0.116. The number of halogens is 2. The van der Waals surface area contributed by atoms with Crippen molar-refractivity contribution in [1.29, 1.82) is 0 Å². The van der Waals surface area contributed by atoms with Crippen LogP contribution < -0.4 is 10.6 Å². The van der Waals surface area contributed by atoms with E-state index in [4.69, 9.17) is 18.0 Å². The smallest absolute Gasteiger partial charge is 0.261 e. The topological polar surface area (TPSA) is 46.3 Å². The molecule has 1 amide bonds. The molecule has 2 aromatic carbocycles. The molecule has 21 heavy (non-hydrogen) atoms. The molecule has 2 N–H and O–H groups in total. The summed E-state index contributed by atoms with van der Waals surface area (Å²) in [6.45, 7) is 0. The van der Waals surface area contributed by atoms with Crippen LogP contribution >= 0.6 is 12.2 Å². The second kappa shape index (κ2) is 5.97. The molecular weight excluding hydrogens is 294 g/mol. The fourth-order valence-corrected chi connectivity index (χ4v) is 2.11. The minimum Gasteiger partial charge on any atom is -0.389 e. The molecule has 3 nitrogen and oxygen atoms in total. The van der Waals surface area contributed by atoms with Crippen LogP contribution in [-0.2, 0) is 0 Å². The molecule has 0 aliphatic rings. The van der Waals surface area contributed by atoms with Gasteiger partial charge < -0.3 is 10.6 Å². The first-order chi connectivity index (χ1) is 9.93. The fraction of sp³-hybridized carbons (Fsp3) is 0.0667. The van der Waals surface area contributed by atoms with Crippen LogP contribution in [-0.4, -0.2) is 17.9 Å². The SMILES string of the molecule is CN(C(=O)c1cccc(F)c1F)c1ccccc1C(N)=S. The van der Waals surface area contributed by atoms with Gasteiger partial charge in [0.05, 0.1) is 11.3 Å². The predicted octanol–water partition coefficient (Wildman–Crippen LogP) is 2.88. The molecule has 0 spiro atoms. The number of carbonyl (C=O) groups is 1. The van der Waals surface area contributed by atoms with Crippen LogP contribution in [0, 0.1) is 11.6 Å². The Kier molecular flexibility index (Phi) is 4.28. The Hall–Kier alpha value is -2.34. The van der Waals surface area contributed by atoms with E-state index in [1.807, 2.05) is 0 Å². The number of thiocarbonyl (C=S) groups is 1. The molecule has 0 atom stereocenters. The Morgan fingerprint density at radius 2 is 1.71 bits per heavy atom. The molecule has 108 valence electrons. The van der Waals surface area contributed by atoms with Gasteiger partial charge in [-0.1, -0.05) is 30.4 Å². The van der Waals surface area contributed by atoms with Gasteiger partial charge in [0.25, 0.3) is 5.91 Å². The molecule has 0 unspecified atom stereocenters. The number of benzene rings is 2. The van der Waals surface area contributed by atoms with Gasteiger partial charge in [-0.2, -0.15) is 0 Å². The van der Waals surface area contributed by atoms with Crippen molar-refractivity contribution in [2.75, 3.05) is 11.9 Å². The number of para-hydroxylation sites is 1. The fourth-order valence-electron chi connectivity index (χ4n) is 1.93. The largest absolute Gasteiger partial charge is 0.389 e. The molecule has 2 rings (SSSR count). The van der Waals surface area contributed by atoms with E-state index >= 15 is 0 Å². The summed E-state index contributed by atoms with van der Waals surface area (Å²) in [7, 11) is 1.45. The summed E-state index contributed by atoms with van der Waals surface area (Å²) in [4.78, 5) is 13.6. The average molecular weight is 306 g/mol. The number of hydrogen-bond donors (Lipinski definition) is 1. The first-order valence-electron chi connectivity index (χ1n) is 6.04. The zero-order valence-corrected chi connectivity index (χ0v) is 12.0. The highest BCUT2D eigenvalue weighted by atomic mass is 32.1. The summed E-state index contributed by atoms with van der Waals surface area (Å²) < 4.78 is 26.9. The van der Waals surface area contributed by atoms with Crippen molar-refractivity contribution in [2.24, 2.45) is 5.73 Å². The lowest BCUT2D eigenvalue weighted by molar-refractivity contribution is 0.0988. The molecule has 0 fully saturated rings. The normalized spacial score (nSPS) is 10.2. The number of nitrogens with two attached hydrogens (primary N) is 1. The van der Waals surface area contributed by atoms with Crippen LogP contribution in [0.1, 0.15) is 15.9 Å². The Labute approximate surface area is 126 Å². The third-order valence-corrected chi connectivity index (χ3v) is 3.24. The van der Waals surface area contributed by atoms with Crippen LogP contribution in [0.3, 0.4) is 0 Å². The van der Waals surface area contributed by atoms with Crippen molar-refractivity contribution < 1.29 is 13.6 Å². The van der Waals surface area contributed by atoms with E-state index in [-0.39, 0.29) is 10.6 Å². The Balaban J connectivity index is 2.45. The number of carbonyl (C=O) groups excluding carboxylic acids is 1. The maximum Gasteiger partial charge on any atom is 0.261 e. The van der Waals surface area contributed by atoms with Gasteiger partial charge in [-0.25, -0.2) is 8.78 Å². The molecule has 0 aliphatic heterocycles. The van der Waals surface area contributed by atoms with Crippen molar-refractivity contribution >= 4 is 28.8 Å². The quantitative estimate of drug-likeness (QED) is 0.887. The van der Waals surface area contributed by atoms with Gasteiger partial charge >= 0.3 is 0 Å². The van der Waals surface area contributed by atoms with Gasteiger partial charge in [-0.05, 0) is 24.3 Å². The molecule has 0 radical (unpaired) electrons. The maximum atomic E-state index is 13.7. The second-order valence-electron chi connectivity index (χ2n) is 4.35. The standard InChI is InChI=1S/C15H12F2N2OS/c1-19(12-8-3-2-5-9(12)14(18)21)15(20)10-6-4-7-11(16)13(10)17/h2-8H,1H3,(H2,18,21). The molecule has 0 saturated heterocycles. The molecular formula is C15H12F2N2OS. The summed E-state index contributed by atoms with van der Waals surface area (Å²) in [5.74, 6) is -2.94. The Bertz CT molecular complexity index is 719. The third kappa shape index (κ3) is 2.90. The lowest BCUT2D eigenvalue weighted by Gasteiger charge is -2.20. The lowest BCUT2D eigenvalue weighted by atomic mass is 10.1. The number of nitrogens with zero attached hydrogens (tertiary/aromatic N) is 1. The maximum absolute atomic E-state index is 13.7. The third-order valence-electron chi connectivity index (χ3n) is 3.02. The van der Waals surface area contributed by atoms with Crippen molar-refractivity contribution in [3.05, 3.63) is 65.2 Å². The summed E-state index contributed by atoms with van der Waals surface area (Å²) in [5, 5.41) is 0. The molecule has 6 heteroatoms. The first-order valence-corrected chi connectivity index (χ1v) is 6.45. The van der Waals surface area contributed by atoms with Gasteiger partial charge in [0, 0.05) is 12.6 Å². The van der Waals surface area contributed by atoms with Gasteiger partial charge in [0.2, 0.25) is 0 Å². The highest BCUT2D eigenvalue weighted by molar-refractivity contribution is 7.80. The first kappa shape index (κ1) is 15.1. The van der Waals surface area contributed by atoms with Crippen molar-refractivity contribution in [1.82, 2.24) is 0 Å². The Morgan fingerprint density at radius 3 is 2.38 bits per heavy atom. The zero-order valence-electron chi connectivity index (χ0n) is 11.1. The van der Waals surface area contributed by atoms with Crippen LogP contribution in [0.2, 0.25) is 0 Å². The van der Waals surface area contributed by atoms with Crippen LogP contribution in [0.15, 0.2) is 42.5 Å². The summed E-state index contributed by atoms with van der Waals surface area (Å²) in [6, 6.07) is 10.2. The molecule has 2 aromatic rings. The van der Waals surface area contributed by atoms with E-state index in [9.17, 15) is 13.6 Å².